The first-order valence-electron chi connectivity index (χ1n) is 11.8. The molecule has 2 aliphatic heterocycles. The van der Waals surface area contributed by atoms with E-state index in [9.17, 15) is 5.11 Å². The highest BCUT2D eigenvalue weighted by atomic mass is 16.5. The van der Waals surface area contributed by atoms with Crippen molar-refractivity contribution >= 4 is 6.21 Å². The van der Waals surface area contributed by atoms with Gasteiger partial charge in [0.25, 0.3) is 0 Å². The zero-order chi connectivity index (χ0) is 24.1. The lowest BCUT2D eigenvalue weighted by molar-refractivity contribution is 0.132. The van der Waals surface area contributed by atoms with Crippen molar-refractivity contribution in [3.8, 4) is 23.0 Å². The number of rotatable bonds is 8. The summed E-state index contributed by atoms with van der Waals surface area (Å²) in [6.07, 6.45) is 4.52. The number of aromatic hydroxyl groups is 1. The van der Waals surface area contributed by atoms with Crippen LogP contribution in [0.5, 0.6) is 23.0 Å². The predicted molar refractivity (Wildman–Crippen MR) is 131 cm³/mol. The van der Waals surface area contributed by atoms with Crippen molar-refractivity contribution in [3.05, 3.63) is 46.5 Å². The van der Waals surface area contributed by atoms with Gasteiger partial charge in [-0.25, -0.2) is 0 Å². The summed E-state index contributed by atoms with van der Waals surface area (Å²) < 4.78 is 16.3. The summed E-state index contributed by atoms with van der Waals surface area (Å²) in [5.41, 5.74) is 3.92. The Morgan fingerprint density at radius 1 is 0.941 bits per heavy atom. The number of likely N-dealkylation sites (tertiary alicyclic amines) is 1. The second kappa shape index (κ2) is 11.0. The molecule has 8 nitrogen and oxygen atoms in total. The van der Waals surface area contributed by atoms with Crippen LogP contribution in [0.2, 0.25) is 0 Å². The van der Waals surface area contributed by atoms with Gasteiger partial charge < -0.3 is 24.5 Å². The quantitative estimate of drug-likeness (QED) is 0.348. The van der Waals surface area contributed by atoms with Gasteiger partial charge in [-0.1, -0.05) is 5.16 Å². The molecule has 0 amide bonds. The molecule has 0 saturated carbocycles. The molecular weight excluding hydrogens is 434 g/mol. The minimum Gasteiger partial charge on any atom is -0.507 e. The zero-order valence-corrected chi connectivity index (χ0v) is 20.3. The van der Waals surface area contributed by atoms with Crippen molar-refractivity contribution in [1.29, 1.82) is 0 Å². The summed E-state index contributed by atoms with van der Waals surface area (Å²) in [6.45, 7) is 5.72. The fraction of sp³-hybridized carbons (Fsp3) is 0.500. The van der Waals surface area contributed by atoms with Gasteiger partial charge in [0.1, 0.15) is 11.5 Å². The van der Waals surface area contributed by atoms with E-state index < -0.39 is 0 Å². The second-order valence-electron chi connectivity index (χ2n) is 9.15. The number of hydrogen-bond donors (Lipinski definition) is 2. The highest BCUT2D eigenvalue weighted by molar-refractivity contribution is 5.84. The molecule has 0 atom stereocenters. The van der Waals surface area contributed by atoms with Crippen molar-refractivity contribution in [1.82, 2.24) is 9.80 Å². The Hall–Kier alpha value is -2.97. The molecule has 0 spiro atoms. The fourth-order valence-corrected chi connectivity index (χ4v) is 5.12. The molecule has 0 aliphatic carbocycles. The molecule has 184 valence electrons. The summed E-state index contributed by atoms with van der Waals surface area (Å²) in [4.78, 5) is 4.93. The van der Waals surface area contributed by atoms with Gasteiger partial charge in [0, 0.05) is 37.3 Å². The van der Waals surface area contributed by atoms with Crippen LogP contribution in [0.25, 0.3) is 0 Å². The minimum atomic E-state index is 0.139. The highest BCUT2D eigenvalue weighted by Gasteiger charge is 2.25. The van der Waals surface area contributed by atoms with Crippen molar-refractivity contribution in [2.24, 2.45) is 11.1 Å². The Morgan fingerprint density at radius 2 is 1.65 bits per heavy atom. The van der Waals surface area contributed by atoms with Gasteiger partial charge in [-0.2, -0.15) is 0 Å². The Balaban J connectivity index is 1.33. The average molecular weight is 470 g/mol. The molecule has 1 fully saturated rings. The predicted octanol–water partition coefficient (Wildman–Crippen LogP) is 3.50. The fourth-order valence-electron chi connectivity index (χ4n) is 5.12. The Kier molecular flexibility index (Phi) is 7.80. The Labute approximate surface area is 201 Å². The molecule has 2 N–H and O–H groups in total. The Bertz CT molecular complexity index is 1020. The van der Waals surface area contributed by atoms with E-state index in [1.807, 2.05) is 6.07 Å². The van der Waals surface area contributed by atoms with Crippen LogP contribution in [0, 0.1) is 5.92 Å². The number of oxime groups is 1. The third kappa shape index (κ3) is 5.39. The molecule has 2 aromatic carbocycles. The molecule has 34 heavy (non-hydrogen) atoms. The molecule has 0 bridgehead atoms. The highest BCUT2D eigenvalue weighted by Crippen LogP contribution is 2.34. The third-order valence-electron chi connectivity index (χ3n) is 7.04. The van der Waals surface area contributed by atoms with E-state index in [0.717, 1.165) is 69.0 Å². The van der Waals surface area contributed by atoms with Crippen molar-refractivity contribution < 1.29 is 24.5 Å². The first-order chi connectivity index (χ1) is 16.5. The summed E-state index contributed by atoms with van der Waals surface area (Å²) in [7, 11) is 4.96. The molecule has 0 unspecified atom stereocenters. The monoisotopic (exact) mass is 469 g/mol. The number of nitrogens with zero attached hydrogens (tertiary/aromatic N) is 3. The lowest BCUT2D eigenvalue weighted by Gasteiger charge is -2.37. The van der Waals surface area contributed by atoms with E-state index in [-0.39, 0.29) is 5.75 Å². The van der Waals surface area contributed by atoms with Crippen LogP contribution >= 0.6 is 0 Å². The molecule has 1 saturated heterocycles. The number of fused-ring (bicyclic) bond motifs is 1. The minimum absolute atomic E-state index is 0.139. The van der Waals surface area contributed by atoms with Crippen LogP contribution in [0.3, 0.4) is 0 Å². The van der Waals surface area contributed by atoms with E-state index in [2.05, 4.69) is 27.1 Å². The van der Waals surface area contributed by atoms with Gasteiger partial charge in [-0.3, -0.25) is 9.80 Å². The first-order valence-corrected chi connectivity index (χ1v) is 11.8. The molecule has 2 aromatic rings. The van der Waals surface area contributed by atoms with E-state index in [4.69, 9.17) is 19.4 Å². The van der Waals surface area contributed by atoms with Crippen molar-refractivity contribution in [3.63, 3.8) is 0 Å². The number of methoxy groups -OCH3 is 3. The normalized spacial score (nSPS) is 17.6. The van der Waals surface area contributed by atoms with Crippen LogP contribution in [0.15, 0.2) is 29.4 Å². The number of benzene rings is 2. The van der Waals surface area contributed by atoms with Crippen LogP contribution in [0.4, 0.5) is 0 Å². The van der Waals surface area contributed by atoms with E-state index in [1.54, 1.807) is 27.4 Å². The maximum absolute atomic E-state index is 10.6. The summed E-state index contributed by atoms with van der Waals surface area (Å²) >= 11 is 0. The molecular formula is C26H35N3O5. The van der Waals surface area contributed by atoms with Gasteiger partial charge in [-0.15, -0.1) is 0 Å². The lowest BCUT2D eigenvalue weighted by Crippen LogP contribution is -2.40. The van der Waals surface area contributed by atoms with Gasteiger partial charge in [0.2, 0.25) is 0 Å². The van der Waals surface area contributed by atoms with Crippen molar-refractivity contribution in [2.75, 3.05) is 47.5 Å². The molecule has 8 heteroatoms. The van der Waals surface area contributed by atoms with Crippen LogP contribution in [0.1, 0.15) is 35.1 Å². The summed E-state index contributed by atoms with van der Waals surface area (Å²) in [6, 6.07) is 7.76. The number of hydrogen-bond acceptors (Lipinski definition) is 8. The van der Waals surface area contributed by atoms with Gasteiger partial charge in [-0.05, 0) is 73.7 Å². The standard InChI is InChI=1S/C26H35N3O5/c1-32-23-10-20(14-27-31)26(30)22(11-23)17-28-7-4-18(5-8-28)15-29-9-6-19-12-24(33-2)25(34-3)13-21(19)16-29/h10-14,18,30-31H,4-9,15-17H2,1-3H3/b27-14+. The second-order valence-corrected chi connectivity index (χ2v) is 9.15. The van der Waals surface area contributed by atoms with Crippen LogP contribution < -0.4 is 14.2 Å². The average Bonchev–Trinajstić information content (AvgIpc) is 2.86. The topological polar surface area (TPSA) is 87.0 Å². The van der Waals surface area contributed by atoms with E-state index in [0.29, 0.717) is 23.8 Å². The lowest BCUT2D eigenvalue weighted by atomic mass is 9.93. The maximum Gasteiger partial charge on any atom is 0.161 e. The summed E-state index contributed by atoms with van der Waals surface area (Å²) in [5.74, 6) is 3.04. The van der Waals surface area contributed by atoms with Gasteiger partial charge >= 0.3 is 0 Å². The van der Waals surface area contributed by atoms with Gasteiger partial charge in [0.15, 0.2) is 11.5 Å². The van der Waals surface area contributed by atoms with Crippen LogP contribution in [-0.2, 0) is 19.5 Å². The van der Waals surface area contributed by atoms with Gasteiger partial charge in [0.05, 0.1) is 27.5 Å². The SMILES string of the molecule is COc1cc(/C=N/O)c(O)c(CN2CCC(CN3CCc4cc(OC)c(OC)cc4C3)CC2)c1. The Morgan fingerprint density at radius 3 is 2.29 bits per heavy atom. The molecule has 2 heterocycles. The smallest absolute Gasteiger partial charge is 0.161 e. The zero-order valence-electron chi connectivity index (χ0n) is 20.3. The number of ether oxygens (including phenoxy) is 3. The maximum atomic E-state index is 10.6. The van der Waals surface area contributed by atoms with Crippen molar-refractivity contribution in [2.45, 2.75) is 32.4 Å². The van der Waals surface area contributed by atoms with Crippen LogP contribution in [-0.4, -0.2) is 73.8 Å². The largest absolute Gasteiger partial charge is 0.507 e. The number of phenolic OH excluding ortho intramolecular Hbond substituents is 1. The summed E-state index contributed by atoms with van der Waals surface area (Å²) in [5, 5.41) is 22.5. The molecule has 0 radical (unpaired) electrons. The number of piperidine rings is 1. The van der Waals surface area contributed by atoms with E-state index >= 15 is 0 Å². The third-order valence-corrected chi connectivity index (χ3v) is 7.04. The van der Waals surface area contributed by atoms with E-state index in [1.165, 1.54) is 17.3 Å². The molecule has 2 aliphatic rings. The molecule has 0 aromatic heterocycles. The molecule has 4 rings (SSSR count). The first kappa shape index (κ1) is 24.2. The number of phenols is 1.